The molecule has 2 aromatic carbocycles. The van der Waals surface area contributed by atoms with Gasteiger partial charge in [0.25, 0.3) is 0 Å². The van der Waals surface area contributed by atoms with Gasteiger partial charge < -0.3 is 19.4 Å². The van der Waals surface area contributed by atoms with Crippen molar-refractivity contribution in [1.29, 1.82) is 0 Å². The van der Waals surface area contributed by atoms with E-state index in [1.165, 1.54) is 9.47 Å². The number of hydrogen-bond acceptors (Lipinski definition) is 5. The van der Waals surface area contributed by atoms with E-state index in [0.717, 1.165) is 0 Å². The molecule has 8 nitrogen and oxygen atoms in total. The Kier molecular flexibility index (Phi) is 5.78. The fraction of sp³-hybridized carbons (Fsp3) is 0.250. The molecule has 0 unspecified atom stereocenters. The van der Waals surface area contributed by atoms with E-state index in [1.807, 2.05) is 0 Å². The number of fused-ring (bicyclic) bond motifs is 1. The summed E-state index contributed by atoms with van der Waals surface area (Å²) in [6, 6.07) is 13.9. The van der Waals surface area contributed by atoms with Gasteiger partial charge in [-0.25, -0.2) is 4.79 Å². The van der Waals surface area contributed by atoms with Crippen molar-refractivity contribution in [1.82, 2.24) is 9.47 Å². The first kappa shape index (κ1) is 19.2. The maximum Gasteiger partial charge on any atom is 0.419 e. The number of amides is 2. The Morgan fingerprint density at radius 3 is 2.57 bits per heavy atom. The lowest BCUT2D eigenvalue weighted by Crippen LogP contribution is -2.35. The molecule has 0 saturated carbocycles. The lowest BCUT2D eigenvalue weighted by molar-refractivity contribution is -0.133. The monoisotopic (exact) mass is 383 g/mol. The largest absolute Gasteiger partial charge is 0.497 e. The van der Waals surface area contributed by atoms with Crippen LogP contribution in [0.3, 0.4) is 0 Å². The van der Waals surface area contributed by atoms with Crippen LogP contribution in [0, 0.1) is 0 Å². The SMILES string of the molecule is COc1ccc(NC(=O)CN(C)C(=O)CCn2c(=O)oc3ccccc32)cc1. The van der Waals surface area contributed by atoms with Gasteiger partial charge in [0.1, 0.15) is 5.75 Å². The molecule has 1 N–H and O–H groups in total. The number of likely N-dealkylation sites (N-methyl/N-ethyl adjacent to an activating group) is 1. The molecule has 28 heavy (non-hydrogen) atoms. The van der Waals surface area contributed by atoms with Crippen LogP contribution in [0.15, 0.2) is 57.7 Å². The van der Waals surface area contributed by atoms with Crippen molar-refractivity contribution < 1.29 is 18.7 Å². The van der Waals surface area contributed by atoms with Gasteiger partial charge in [-0.3, -0.25) is 14.2 Å². The van der Waals surface area contributed by atoms with E-state index in [4.69, 9.17) is 9.15 Å². The molecular weight excluding hydrogens is 362 g/mol. The number of carbonyl (C=O) groups is 2. The lowest BCUT2D eigenvalue weighted by atomic mass is 10.3. The molecule has 0 bridgehead atoms. The molecular formula is C20H21N3O5. The van der Waals surface area contributed by atoms with Crippen LogP contribution in [-0.4, -0.2) is 42.0 Å². The predicted molar refractivity (Wildman–Crippen MR) is 104 cm³/mol. The van der Waals surface area contributed by atoms with Crippen LogP contribution in [0.4, 0.5) is 5.69 Å². The van der Waals surface area contributed by atoms with Gasteiger partial charge in [0.2, 0.25) is 11.8 Å². The topological polar surface area (TPSA) is 93.8 Å². The molecule has 0 radical (unpaired) electrons. The Hall–Kier alpha value is -3.55. The smallest absolute Gasteiger partial charge is 0.419 e. The normalized spacial score (nSPS) is 10.6. The third-order valence-corrected chi connectivity index (χ3v) is 4.30. The number of anilines is 1. The van der Waals surface area contributed by atoms with Gasteiger partial charge in [-0.05, 0) is 36.4 Å². The number of aryl methyl sites for hydroxylation is 1. The lowest BCUT2D eigenvalue weighted by Gasteiger charge is -2.17. The highest BCUT2D eigenvalue weighted by molar-refractivity contribution is 5.94. The molecule has 0 aliphatic heterocycles. The molecule has 1 heterocycles. The first-order chi connectivity index (χ1) is 13.5. The van der Waals surface area contributed by atoms with E-state index < -0.39 is 5.76 Å². The summed E-state index contributed by atoms with van der Waals surface area (Å²) in [5, 5.41) is 2.72. The molecule has 1 aromatic heterocycles. The first-order valence-electron chi connectivity index (χ1n) is 8.74. The van der Waals surface area contributed by atoms with Crippen LogP contribution in [0.2, 0.25) is 0 Å². The fourth-order valence-corrected chi connectivity index (χ4v) is 2.80. The molecule has 0 aliphatic carbocycles. The molecule has 8 heteroatoms. The highest BCUT2D eigenvalue weighted by Crippen LogP contribution is 2.15. The number of oxazole rings is 1. The van der Waals surface area contributed by atoms with Gasteiger partial charge >= 0.3 is 5.76 Å². The maximum atomic E-state index is 12.3. The van der Waals surface area contributed by atoms with Gasteiger partial charge in [-0.15, -0.1) is 0 Å². The van der Waals surface area contributed by atoms with Crippen molar-refractivity contribution in [3.05, 3.63) is 59.1 Å². The third-order valence-electron chi connectivity index (χ3n) is 4.30. The van der Waals surface area contributed by atoms with Crippen LogP contribution >= 0.6 is 0 Å². The molecule has 0 atom stereocenters. The molecule has 3 rings (SSSR count). The summed E-state index contributed by atoms with van der Waals surface area (Å²) < 4.78 is 11.6. The number of benzene rings is 2. The van der Waals surface area contributed by atoms with Crippen LogP contribution in [0.1, 0.15) is 6.42 Å². The van der Waals surface area contributed by atoms with Crippen molar-refractivity contribution in [2.45, 2.75) is 13.0 Å². The number of hydrogen-bond donors (Lipinski definition) is 1. The van der Waals surface area contributed by atoms with E-state index in [9.17, 15) is 14.4 Å². The highest BCUT2D eigenvalue weighted by atomic mass is 16.5. The molecule has 2 amide bonds. The average Bonchev–Trinajstić information content (AvgIpc) is 3.01. The van der Waals surface area contributed by atoms with Crippen LogP contribution < -0.4 is 15.8 Å². The number of nitrogens with one attached hydrogen (secondary N) is 1. The molecule has 0 saturated heterocycles. The van der Waals surface area contributed by atoms with Crippen molar-refractivity contribution in [3.8, 4) is 5.75 Å². The number of methoxy groups -OCH3 is 1. The quantitative estimate of drug-likeness (QED) is 0.674. The summed E-state index contributed by atoms with van der Waals surface area (Å²) in [6.07, 6.45) is 0.0791. The van der Waals surface area contributed by atoms with Crippen molar-refractivity contribution in [3.63, 3.8) is 0 Å². The standard InChI is InChI=1S/C20H21N3O5/c1-22(13-18(24)21-14-7-9-15(27-2)10-8-14)19(25)11-12-23-16-5-3-4-6-17(16)28-20(23)26/h3-10H,11-13H2,1-2H3,(H,21,24). The van der Waals surface area contributed by atoms with Crippen molar-refractivity contribution in [2.75, 3.05) is 26.0 Å². The Morgan fingerprint density at radius 2 is 1.86 bits per heavy atom. The van der Waals surface area contributed by atoms with E-state index in [1.54, 1.807) is 62.7 Å². The molecule has 146 valence electrons. The molecule has 3 aromatic rings. The number of nitrogens with zero attached hydrogens (tertiary/aromatic N) is 2. The Bertz CT molecular complexity index is 1040. The minimum Gasteiger partial charge on any atom is -0.497 e. The van der Waals surface area contributed by atoms with E-state index >= 15 is 0 Å². The van der Waals surface area contributed by atoms with Gasteiger partial charge in [-0.1, -0.05) is 12.1 Å². The summed E-state index contributed by atoms with van der Waals surface area (Å²) >= 11 is 0. The average molecular weight is 383 g/mol. The van der Waals surface area contributed by atoms with Gasteiger partial charge in [-0.2, -0.15) is 0 Å². The summed E-state index contributed by atoms with van der Waals surface area (Å²) in [6.45, 7) is 0.0883. The second-order valence-electron chi connectivity index (χ2n) is 6.26. The van der Waals surface area contributed by atoms with Crippen molar-refractivity contribution in [2.24, 2.45) is 0 Å². The fourth-order valence-electron chi connectivity index (χ4n) is 2.80. The van der Waals surface area contributed by atoms with E-state index in [0.29, 0.717) is 22.5 Å². The second kappa shape index (κ2) is 8.43. The summed E-state index contributed by atoms with van der Waals surface area (Å²) in [7, 11) is 3.11. The summed E-state index contributed by atoms with van der Waals surface area (Å²) in [5.74, 6) is -0.379. The number of para-hydroxylation sites is 2. The Morgan fingerprint density at radius 1 is 1.14 bits per heavy atom. The Labute approximate surface area is 161 Å². The zero-order chi connectivity index (χ0) is 20.1. The van der Waals surface area contributed by atoms with Gasteiger partial charge in [0, 0.05) is 25.7 Å². The number of aromatic nitrogens is 1. The minimum absolute atomic E-state index is 0.0791. The van der Waals surface area contributed by atoms with E-state index in [2.05, 4.69) is 5.32 Å². The summed E-state index contributed by atoms with van der Waals surface area (Å²) in [4.78, 5) is 37.7. The molecule has 0 aliphatic rings. The highest BCUT2D eigenvalue weighted by Gasteiger charge is 2.15. The molecule has 0 spiro atoms. The third kappa shape index (κ3) is 4.40. The van der Waals surface area contributed by atoms with Gasteiger partial charge in [0.15, 0.2) is 5.58 Å². The first-order valence-corrected chi connectivity index (χ1v) is 8.74. The summed E-state index contributed by atoms with van der Waals surface area (Å²) in [5.41, 5.74) is 1.73. The zero-order valence-corrected chi connectivity index (χ0v) is 15.7. The van der Waals surface area contributed by atoms with Crippen LogP contribution in [0.25, 0.3) is 11.1 Å². The maximum absolute atomic E-state index is 12.3. The van der Waals surface area contributed by atoms with Crippen molar-refractivity contribution >= 4 is 28.6 Å². The minimum atomic E-state index is -0.506. The predicted octanol–water partition coefficient (Wildman–Crippen LogP) is 2.09. The number of carbonyl (C=O) groups excluding carboxylic acids is 2. The Balaban J connectivity index is 1.54. The second-order valence-corrected chi connectivity index (χ2v) is 6.26. The van der Waals surface area contributed by atoms with Crippen LogP contribution in [0.5, 0.6) is 5.75 Å². The zero-order valence-electron chi connectivity index (χ0n) is 15.7. The van der Waals surface area contributed by atoms with Gasteiger partial charge in [0.05, 0.1) is 19.2 Å². The van der Waals surface area contributed by atoms with E-state index in [-0.39, 0.29) is 31.3 Å². The molecule has 0 fully saturated rings. The van der Waals surface area contributed by atoms with Crippen LogP contribution in [-0.2, 0) is 16.1 Å². The number of ether oxygens (including phenoxy) is 1. The number of rotatable bonds is 7.